The van der Waals surface area contributed by atoms with E-state index in [2.05, 4.69) is 13.2 Å². The standard InChI is InChI=1S/C12H16O4S2/c1-4-10(13)15-6-11-17-7-9(18-11)5-16-12(14)8(2)3/h4,9,11H,1-2,5-7H2,3H3. The van der Waals surface area contributed by atoms with E-state index in [0.717, 1.165) is 11.8 Å². The molecular formula is C12H16O4S2. The Hall–Kier alpha value is -0.880. The van der Waals surface area contributed by atoms with Crippen LogP contribution in [0, 0.1) is 0 Å². The molecule has 0 bridgehead atoms. The normalized spacial score (nSPS) is 22.3. The molecule has 0 radical (unpaired) electrons. The molecule has 1 heterocycles. The van der Waals surface area contributed by atoms with E-state index in [0.29, 0.717) is 18.8 Å². The first-order valence-electron chi connectivity index (χ1n) is 5.41. The van der Waals surface area contributed by atoms with Crippen molar-refractivity contribution < 1.29 is 19.1 Å². The zero-order valence-electron chi connectivity index (χ0n) is 10.2. The van der Waals surface area contributed by atoms with Crippen molar-refractivity contribution in [3.8, 4) is 0 Å². The minimum Gasteiger partial charge on any atom is -0.461 e. The predicted octanol–water partition coefficient (Wildman–Crippen LogP) is 2.01. The van der Waals surface area contributed by atoms with Gasteiger partial charge in [0.2, 0.25) is 0 Å². The lowest BCUT2D eigenvalue weighted by Crippen LogP contribution is -2.16. The van der Waals surface area contributed by atoms with E-state index in [9.17, 15) is 9.59 Å². The summed E-state index contributed by atoms with van der Waals surface area (Å²) in [4.78, 5) is 22.1. The van der Waals surface area contributed by atoms with Crippen LogP contribution in [0.1, 0.15) is 6.92 Å². The Morgan fingerprint density at radius 1 is 1.39 bits per heavy atom. The van der Waals surface area contributed by atoms with Crippen molar-refractivity contribution in [1.29, 1.82) is 0 Å². The Labute approximate surface area is 115 Å². The van der Waals surface area contributed by atoms with E-state index < -0.39 is 5.97 Å². The second-order valence-electron chi connectivity index (χ2n) is 3.73. The monoisotopic (exact) mass is 288 g/mol. The summed E-state index contributed by atoms with van der Waals surface area (Å²) in [6.45, 7) is 9.20. The van der Waals surface area contributed by atoms with Gasteiger partial charge in [-0.3, -0.25) is 0 Å². The zero-order valence-corrected chi connectivity index (χ0v) is 11.9. The maximum absolute atomic E-state index is 11.2. The van der Waals surface area contributed by atoms with E-state index in [4.69, 9.17) is 9.47 Å². The van der Waals surface area contributed by atoms with E-state index >= 15 is 0 Å². The molecule has 0 aromatic carbocycles. The third kappa shape index (κ3) is 5.18. The van der Waals surface area contributed by atoms with Gasteiger partial charge in [-0.05, 0) is 6.92 Å². The topological polar surface area (TPSA) is 52.6 Å². The average Bonchev–Trinajstić information content (AvgIpc) is 2.80. The molecule has 0 amide bonds. The first-order valence-corrected chi connectivity index (χ1v) is 7.41. The molecule has 1 aliphatic heterocycles. The quantitative estimate of drug-likeness (QED) is 0.550. The van der Waals surface area contributed by atoms with Gasteiger partial charge in [-0.1, -0.05) is 13.2 Å². The Bertz CT molecular complexity index is 354. The van der Waals surface area contributed by atoms with Crippen molar-refractivity contribution >= 4 is 35.5 Å². The fraction of sp³-hybridized carbons (Fsp3) is 0.500. The van der Waals surface area contributed by atoms with E-state index in [1.165, 1.54) is 0 Å². The largest absolute Gasteiger partial charge is 0.461 e. The number of hydrogen-bond donors (Lipinski definition) is 0. The molecule has 0 saturated carbocycles. The lowest BCUT2D eigenvalue weighted by molar-refractivity contribution is -0.139. The van der Waals surface area contributed by atoms with Gasteiger partial charge in [-0.2, -0.15) is 0 Å². The van der Waals surface area contributed by atoms with Crippen LogP contribution in [0.3, 0.4) is 0 Å². The predicted molar refractivity (Wildman–Crippen MR) is 74.6 cm³/mol. The first-order chi connectivity index (χ1) is 8.52. The summed E-state index contributed by atoms with van der Waals surface area (Å²) in [5.41, 5.74) is 0.405. The Morgan fingerprint density at radius 3 is 2.72 bits per heavy atom. The van der Waals surface area contributed by atoms with Crippen LogP contribution >= 0.6 is 23.5 Å². The molecule has 2 unspecified atom stereocenters. The number of ether oxygens (including phenoxy) is 2. The van der Waals surface area contributed by atoms with Gasteiger partial charge in [-0.25, -0.2) is 9.59 Å². The number of thioether (sulfide) groups is 2. The highest BCUT2D eigenvalue weighted by atomic mass is 32.2. The number of esters is 2. The van der Waals surface area contributed by atoms with Crippen LogP contribution in [-0.2, 0) is 19.1 Å². The number of hydrogen-bond acceptors (Lipinski definition) is 6. The second-order valence-corrected chi connectivity index (χ2v) is 6.78. The third-order valence-electron chi connectivity index (χ3n) is 2.09. The lowest BCUT2D eigenvalue weighted by atomic mass is 10.4. The lowest BCUT2D eigenvalue weighted by Gasteiger charge is -2.11. The van der Waals surface area contributed by atoms with Gasteiger partial charge in [0.1, 0.15) is 13.2 Å². The molecule has 1 fully saturated rings. The van der Waals surface area contributed by atoms with Gasteiger partial charge in [0.15, 0.2) is 0 Å². The van der Waals surface area contributed by atoms with Crippen molar-refractivity contribution in [1.82, 2.24) is 0 Å². The van der Waals surface area contributed by atoms with Crippen LogP contribution in [0.2, 0.25) is 0 Å². The summed E-state index contributed by atoms with van der Waals surface area (Å²) in [5, 5.41) is 0.241. The second kappa shape index (κ2) is 7.53. The van der Waals surface area contributed by atoms with Crippen LogP contribution < -0.4 is 0 Å². The molecule has 1 saturated heterocycles. The Balaban J connectivity index is 2.21. The average molecular weight is 288 g/mol. The summed E-state index contributed by atoms with van der Waals surface area (Å²) in [6.07, 6.45) is 1.15. The molecule has 0 N–H and O–H groups in total. The molecule has 18 heavy (non-hydrogen) atoms. The maximum atomic E-state index is 11.2. The molecule has 1 aliphatic rings. The van der Waals surface area contributed by atoms with E-state index in [1.807, 2.05) is 0 Å². The highest BCUT2D eigenvalue weighted by Crippen LogP contribution is 2.38. The SMILES string of the molecule is C=CC(=O)OCC1SCC(COC(=O)C(=C)C)S1. The molecule has 100 valence electrons. The van der Waals surface area contributed by atoms with Crippen LogP contribution in [0.15, 0.2) is 24.8 Å². The van der Waals surface area contributed by atoms with Crippen molar-refractivity contribution in [2.45, 2.75) is 16.8 Å². The van der Waals surface area contributed by atoms with Gasteiger partial charge >= 0.3 is 11.9 Å². The minimum absolute atomic E-state index is 0.197. The van der Waals surface area contributed by atoms with Gasteiger partial charge in [0.25, 0.3) is 0 Å². The minimum atomic E-state index is -0.409. The van der Waals surface area contributed by atoms with Crippen molar-refractivity contribution in [3.63, 3.8) is 0 Å². The molecule has 0 aromatic rings. The number of carbonyl (C=O) groups excluding carboxylic acids is 2. The Kier molecular flexibility index (Phi) is 6.35. The van der Waals surface area contributed by atoms with E-state index in [1.54, 1.807) is 30.4 Å². The molecule has 6 heteroatoms. The van der Waals surface area contributed by atoms with Crippen molar-refractivity contribution in [2.24, 2.45) is 0 Å². The molecule has 0 spiro atoms. The molecule has 0 aliphatic carbocycles. The third-order valence-corrected chi connectivity index (χ3v) is 5.27. The van der Waals surface area contributed by atoms with Crippen LogP contribution in [0.4, 0.5) is 0 Å². The fourth-order valence-corrected chi connectivity index (χ4v) is 4.17. The molecule has 2 atom stereocenters. The zero-order chi connectivity index (χ0) is 13.5. The van der Waals surface area contributed by atoms with Gasteiger partial charge < -0.3 is 9.47 Å². The number of carbonyl (C=O) groups is 2. The summed E-state index contributed by atoms with van der Waals surface area (Å²) in [7, 11) is 0. The summed E-state index contributed by atoms with van der Waals surface area (Å²) in [6, 6.07) is 0. The highest BCUT2D eigenvalue weighted by Gasteiger charge is 2.27. The summed E-state index contributed by atoms with van der Waals surface area (Å²) >= 11 is 3.36. The van der Waals surface area contributed by atoms with Crippen LogP contribution in [0.25, 0.3) is 0 Å². The Morgan fingerprint density at radius 2 is 2.11 bits per heavy atom. The molecule has 4 nitrogen and oxygen atoms in total. The molecule has 0 aromatic heterocycles. The van der Waals surface area contributed by atoms with Gasteiger partial charge in [0, 0.05) is 22.7 Å². The maximum Gasteiger partial charge on any atom is 0.333 e. The fourth-order valence-electron chi connectivity index (χ4n) is 1.18. The van der Waals surface area contributed by atoms with Crippen molar-refractivity contribution in [2.75, 3.05) is 19.0 Å². The summed E-state index contributed by atoms with van der Waals surface area (Å²) < 4.78 is 10.2. The first kappa shape index (κ1) is 15.2. The highest BCUT2D eigenvalue weighted by molar-refractivity contribution is 8.20. The smallest absolute Gasteiger partial charge is 0.333 e. The van der Waals surface area contributed by atoms with Crippen LogP contribution in [-0.4, -0.2) is 40.7 Å². The molecule has 1 rings (SSSR count). The van der Waals surface area contributed by atoms with E-state index in [-0.39, 0.29) is 15.8 Å². The summed E-state index contributed by atoms with van der Waals surface area (Å²) in [5.74, 6) is 0.111. The van der Waals surface area contributed by atoms with Gasteiger partial charge in [-0.15, -0.1) is 23.5 Å². The van der Waals surface area contributed by atoms with Gasteiger partial charge in [0.05, 0.1) is 4.58 Å². The van der Waals surface area contributed by atoms with Crippen LogP contribution in [0.5, 0.6) is 0 Å². The molecular weight excluding hydrogens is 272 g/mol. The number of rotatable bonds is 6. The van der Waals surface area contributed by atoms with Crippen molar-refractivity contribution in [3.05, 3.63) is 24.8 Å².